The van der Waals surface area contributed by atoms with E-state index in [2.05, 4.69) is 34.6 Å². The molecule has 0 N–H and O–H groups in total. The Kier molecular flexibility index (Phi) is 11.4. The van der Waals surface area contributed by atoms with Gasteiger partial charge in [-0.2, -0.15) is 0 Å². The molecule has 0 aromatic rings. The van der Waals surface area contributed by atoms with Gasteiger partial charge in [-0.3, -0.25) is 0 Å². The smallest absolute Gasteiger partial charge is 0.403 e. The van der Waals surface area contributed by atoms with Crippen LogP contribution in [0.4, 0.5) is 0 Å². The van der Waals surface area contributed by atoms with Crippen LogP contribution in [0.15, 0.2) is 0 Å². The van der Waals surface area contributed by atoms with Crippen molar-refractivity contribution >= 4 is 7.12 Å². The molecule has 0 bridgehead atoms. The van der Waals surface area contributed by atoms with Crippen molar-refractivity contribution in [3.8, 4) is 0 Å². The predicted octanol–water partition coefficient (Wildman–Crippen LogP) is 7.56. The fourth-order valence-corrected chi connectivity index (χ4v) is 4.48. The molecule has 1 saturated heterocycles. The average Bonchev–Trinajstić information content (AvgIpc) is 2.93. The van der Waals surface area contributed by atoms with Gasteiger partial charge in [0.1, 0.15) is 0 Å². The first-order chi connectivity index (χ1) is 12.1. The van der Waals surface area contributed by atoms with Crippen molar-refractivity contribution in [1.29, 1.82) is 0 Å². The zero-order valence-electron chi connectivity index (χ0n) is 18.0. The second kappa shape index (κ2) is 12.4. The summed E-state index contributed by atoms with van der Waals surface area (Å²) in [6.45, 7) is 11.5. The maximum atomic E-state index is 6.84. The molecule has 2 nitrogen and oxygen atoms in total. The highest BCUT2D eigenvalue weighted by Gasteiger charge is 2.59. The van der Waals surface area contributed by atoms with Crippen molar-refractivity contribution in [2.24, 2.45) is 0 Å². The first-order valence-corrected chi connectivity index (χ1v) is 11.5. The van der Waals surface area contributed by atoms with Gasteiger partial charge in [0.15, 0.2) is 0 Å². The van der Waals surface area contributed by atoms with Crippen LogP contribution in [0, 0.1) is 0 Å². The maximum absolute atomic E-state index is 6.84. The van der Waals surface area contributed by atoms with Gasteiger partial charge in [0.2, 0.25) is 0 Å². The molecule has 0 aromatic heterocycles. The summed E-state index contributed by atoms with van der Waals surface area (Å²) in [4.78, 5) is 0. The maximum Gasteiger partial charge on any atom is 0.457 e. The molecule has 3 heteroatoms. The van der Waals surface area contributed by atoms with E-state index >= 15 is 0 Å². The van der Waals surface area contributed by atoms with E-state index in [0.717, 1.165) is 6.32 Å². The van der Waals surface area contributed by atoms with Gasteiger partial charge < -0.3 is 9.31 Å². The van der Waals surface area contributed by atoms with Crippen LogP contribution in [0.2, 0.25) is 6.32 Å². The van der Waals surface area contributed by atoms with Crippen LogP contribution >= 0.6 is 0 Å². The molecule has 25 heavy (non-hydrogen) atoms. The molecule has 0 amide bonds. The minimum Gasteiger partial charge on any atom is -0.403 e. The van der Waals surface area contributed by atoms with E-state index < -0.39 is 0 Å². The first kappa shape index (κ1) is 23.0. The highest BCUT2D eigenvalue weighted by atomic mass is 16.7. The predicted molar refractivity (Wildman–Crippen MR) is 111 cm³/mol. The Bertz CT molecular complexity index is 288. The third-order valence-corrected chi connectivity index (χ3v) is 6.07. The van der Waals surface area contributed by atoms with Gasteiger partial charge in [0, 0.05) is 0 Å². The summed E-state index contributed by atoms with van der Waals surface area (Å²) in [5.74, 6) is 0. The molecule has 1 aliphatic rings. The standard InChI is InChI=1S/C22H45BO2/c1-6-11-16-21(17-12-7-2)22(18-13-8-3,19-14-9-4)25-23(24-21)20-15-10-5/h6-20H2,1-5H3. The van der Waals surface area contributed by atoms with Crippen LogP contribution in [-0.4, -0.2) is 18.3 Å². The molecule has 0 atom stereocenters. The van der Waals surface area contributed by atoms with Gasteiger partial charge in [0.05, 0.1) is 11.2 Å². The third-order valence-electron chi connectivity index (χ3n) is 6.07. The summed E-state index contributed by atoms with van der Waals surface area (Å²) in [5, 5.41) is 0. The van der Waals surface area contributed by atoms with E-state index in [1.54, 1.807) is 0 Å². The summed E-state index contributed by atoms with van der Waals surface area (Å²) in [6, 6.07) is 0. The lowest BCUT2D eigenvalue weighted by atomic mass is 9.71. The van der Waals surface area contributed by atoms with Crippen LogP contribution < -0.4 is 0 Å². The van der Waals surface area contributed by atoms with E-state index in [1.165, 1.54) is 89.9 Å². The van der Waals surface area contributed by atoms with E-state index in [4.69, 9.17) is 9.31 Å². The second-order valence-corrected chi connectivity index (χ2v) is 8.21. The summed E-state index contributed by atoms with van der Waals surface area (Å²) < 4.78 is 13.7. The Morgan fingerprint density at radius 3 is 1.12 bits per heavy atom. The Morgan fingerprint density at radius 2 is 0.840 bits per heavy atom. The largest absolute Gasteiger partial charge is 0.457 e. The molecule has 0 unspecified atom stereocenters. The van der Waals surface area contributed by atoms with E-state index in [0.29, 0.717) is 0 Å². The van der Waals surface area contributed by atoms with Gasteiger partial charge in [-0.25, -0.2) is 0 Å². The Labute approximate surface area is 159 Å². The van der Waals surface area contributed by atoms with Gasteiger partial charge >= 0.3 is 7.12 Å². The van der Waals surface area contributed by atoms with Crippen LogP contribution in [0.5, 0.6) is 0 Å². The van der Waals surface area contributed by atoms with Gasteiger partial charge in [0.25, 0.3) is 0 Å². The summed E-state index contributed by atoms with van der Waals surface area (Å²) in [5.41, 5.74) is -0.0798. The quantitative estimate of drug-likeness (QED) is 0.283. The molecule has 148 valence electrons. The molecule has 1 aliphatic heterocycles. The van der Waals surface area contributed by atoms with Crippen molar-refractivity contribution in [1.82, 2.24) is 0 Å². The van der Waals surface area contributed by atoms with Crippen molar-refractivity contribution in [2.45, 2.75) is 142 Å². The summed E-state index contributed by atoms with van der Waals surface area (Å²) >= 11 is 0. The van der Waals surface area contributed by atoms with Gasteiger partial charge in [-0.1, -0.05) is 98.8 Å². The lowest BCUT2D eigenvalue weighted by Crippen LogP contribution is -2.52. The Morgan fingerprint density at radius 1 is 0.520 bits per heavy atom. The van der Waals surface area contributed by atoms with E-state index in [9.17, 15) is 0 Å². The van der Waals surface area contributed by atoms with Crippen LogP contribution in [-0.2, 0) is 9.31 Å². The fourth-order valence-electron chi connectivity index (χ4n) is 4.48. The van der Waals surface area contributed by atoms with Crippen LogP contribution in [0.25, 0.3) is 0 Å². The Balaban J connectivity index is 3.11. The first-order valence-electron chi connectivity index (χ1n) is 11.5. The second-order valence-electron chi connectivity index (χ2n) is 8.21. The zero-order chi connectivity index (χ0) is 18.6. The molecule has 0 spiro atoms. The third kappa shape index (κ3) is 6.27. The SMILES string of the molecule is CCCCB1OC(CCCC)(CCCC)C(CCCC)(CCCC)O1. The minimum atomic E-state index is -0.0399. The minimum absolute atomic E-state index is 0.0300. The topological polar surface area (TPSA) is 18.5 Å². The van der Waals surface area contributed by atoms with Crippen molar-refractivity contribution in [3.63, 3.8) is 0 Å². The van der Waals surface area contributed by atoms with E-state index in [1.807, 2.05) is 0 Å². The molecule has 1 heterocycles. The van der Waals surface area contributed by atoms with Crippen molar-refractivity contribution < 1.29 is 9.31 Å². The highest BCUT2D eigenvalue weighted by molar-refractivity contribution is 6.45. The fraction of sp³-hybridized carbons (Fsp3) is 1.00. The molecule has 0 saturated carbocycles. The van der Waals surface area contributed by atoms with Crippen molar-refractivity contribution in [3.05, 3.63) is 0 Å². The molecule has 0 radical (unpaired) electrons. The zero-order valence-corrected chi connectivity index (χ0v) is 18.0. The molecular formula is C22H45BO2. The number of rotatable bonds is 15. The van der Waals surface area contributed by atoms with Crippen LogP contribution in [0.3, 0.4) is 0 Å². The summed E-state index contributed by atoms with van der Waals surface area (Å²) in [7, 11) is 0.0300. The molecule has 0 aromatic carbocycles. The van der Waals surface area contributed by atoms with Crippen molar-refractivity contribution in [2.75, 3.05) is 0 Å². The van der Waals surface area contributed by atoms with Gasteiger partial charge in [-0.15, -0.1) is 0 Å². The molecule has 0 aliphatic carbocycles. The lowest BCUT2D eigenvalue weighted by Gasteiger charge is -2.45. The molecule has 1 rings (SSSR count). The van der Waals surface area contributed by atoms with E-state index in [-0.39, 0.29) is 18.3 Å². The normalized spacial score (nSPS) is 18.8. The Hall–Kier alpha value is -0.0151. The molecular weight excluding hydrogens is 307 g/mol. The lowest BCUT2D eigenvalue weighted by molar-refractivity contribution is -0.0761. The average molecular weight is 352 g/mol. The van der Waals surface area contributed by atoms with Crippen LogP contribution in [0.1, 0.15) is 125 Å². The summed E-state index contributed by atoms with van der Waals surface area (Å²) in [6.07, 6.45) is 18.2. The molecule has 1 fully saturated rings. The number of hydrogen-bond donors (Lipinski definition) is 0. The monoisotopic (exact) mass is 352 g/mol. The highest BCUT2D eigenvalue weighted by Crippen LogP contribution is 2.51. The number of unbranched alkanes of at least 4 members (excludes halogenated alkanes) is 5. The van der Waals surface area contributed by atoms with Gasteiger partial charge in [-0.05, 0) is 32.0 Å². The number of hydrogen-bond acceptors (Lipinski definition) is 2.